The van der Waals surface area contributed by atoms with Crippen molar-refractivity contribution in [1.82, 2.24) is 15.1 Å². The highest BCUT2D eigenvalue weighted by Gasteiger charge is 2.33. The molecule has 122 valence electrons. The number of likely N-dealkylation sites (tertiary alicyclic amines) is 2. The molecule has 21 heavy (non-hydrogen) atoms. The van der Waals surface area contributed by atoms with Crippen molar-refractivity contribution in [2.24, 2.45) is 11.3 Å². The molecular weight excluding hydrogens is 258 g/mol. The molecule has 0 aliphatic carbocycles. The lowest BCUT2D eigenvalue weighted by atomic mass is 9.87. The predicted octanol–water partition coefficient (Wildman–Crippen LogP) is 2.57. The minimum Gasteiger partial charge on any atom is -0.316 e. The van der Waals surface area contributed by atoms with Crippen LogP contribution in [0.25, 0.3) is 0 Å². The molecule has 0 aromatic heterocycles. The number of hydrogen-bond donors (Lipinski definition) is 1. The van der Waals surface area contributed by atoms with E-state index in [-0.39, 0.29) is 0 Å². The van der Waals surface area contributed by atoms with Crippen molar-refractivity contribution in [3.8, 4) is 0 Å². The maximum absolute atomic E-state index is 3.55. The minimum atomic E-state index is 0.528. The SMILES string of the molecule is CC1CCCCN1CC1CCCN(CC2(C)CCNC2)C1. The van der Waals surface area contributed by atoms with Gasteiger partial charge in [0.2, 0.25) is 0 Å². The quantitative estimate of drug-likeness (QED) is 0.859. The predicted molar refractivity (Wildman–Crippen MR) is 89.6 cm³/mol. The van der Waals surface area contributed by atoms with Crippen molar-refractivity contribution < 1.29 is 0 Å². The Morgan fingerprint density at radius 1 is 1.14 bits per heavy atom. The van der Waals surface area contributed by atoms with E-state index in [9.17, 15) is 0 Å². The Morgan fingerprint density at radius 2 is 2.05 bits per heavy atom. The molecule has 0 spiro atoms. The molecule has 0 aromatic carbocycles. The van der Waals surface area contributed by atoms with Crippen LogP contribution in [0.3, 0.4) is 0 Å². The van der Waals surface area contributed by atoms with Crippen molar-refractivity contribution in [2.45, 2.75) is 58.4 Å². The summed E-state index contributed by atoms with van der Waals surface area (Å²) in [6.45, 7) is 14.0. The fourth-order valence-electron chi connectivity index (χ4n) is 4.75. The van der Waals surface area contributed by atoms with E-state index in [1.54, 1.807) is 0 Å². The molecule has 3 saturated heterocycles. The first-order valence-electron chi connectivity index (χ1n) is 9.32. The Kier molecular flexibility index (Phi) is 5.23. The van der Waals surface area contributed by atoms with Crippen molar-refractivity contribution >= 4 is 0 Å². The second kappa shape index (κ2) is 6.97. The Bertz CT molecular complexity index is 324. The van der Waals surface area contributed by atoms with Crippen molar-refractivity contribution in [3.63, 3.8) is 0 Å². The molecule has 3 aliphatic rings. The summed E-state index contributed by atoms with van der Waals surface area (Å²) in [7, 11) is 0. The molecular formula is C18H35N3. The Hall–Kier alpha value is -0.120. The maximum Gasteiger partial charge on any atom is 0.00670 e. The van der Waals surface area contributed by atoms with E-state index in [4.69, 9.17) is 0 Å². The third-order valence-corrected chi connectivity index (χ3v) is 6.10. The monoisotopic (exact) mass is 293 g/mol. The first-order valence-corrected chi connectivity index (χ1v) is 9.32. The van der Waals surface area contributed by atoms with Gasteiger partial charge in [-0.15, -0.1) is 0 Å². The summed E-state index contributed by atoms with van der Waals surface area (Å²) >= 11 is 0. The van der Waals surface area contributed by atoms with Crippen LogP contribution in [0, 0.1) is 11.3 Å². The van der Waals surface area contributed by atoms with Crippen LogP contribution in [-0.2, 0) is 0 Å². The molecule has 3 nitrogen and oxygen atoms in total. The third kappa shape index (κ3) is 4.20. The molecule has 0 bridgehead atoms. The van der Waals surface area contributed by atoms with E-state index in [0.29, 0.717) is 5.41 Å². The van der Waals surface area contributed by atoms with Crippen LogP contribution in [0.5, 0.6) is 0 Å². The summed E-state index contributed by atoms with van der Waals surface area (Å²) < 4.78 is 0. The van der Waals surface area contributed by atoms with E-state index in [0.717, 1.165) is 12.0 Å². The summed E-state index contributed by atoms with van der Waals surface area (Å²) in [6.07, 6.45) is 8.51. The second-order valence-electron chi connectivity index (χ2n) is 8.32. The van der Waals surface area contributed by atoms with E-state index in [2.05, 4.69) is 29.0 Å². The first-order chi connectivity index (χ1) is 10.1. The fraction of sp³-hybridized carbons (Fsp3) is 1.00. The molecule has 1 N–H and O–H groups in total. The van der Waals surface area contributed by atoms with Gasteiger partial charge in [-0.1, -0.05) is 13.3 Å². The molecule has 3 heterocycles. The molecule has 0 radical (unpaired) electrons. The number of nitrogens with one attached hydrogen (secondary N) is 1. The molecule has 3 aliphatic heterocycles. The van der Waals surface area contributed by atoms with Crippen LogP contribution >= 0.6 is 0 Å². The number of nitrogens with zero attached hydrogens (tertiary/aromatic N) is 2. The van der Waals surface area contributed by atoms with Crippen LogP contribution in [0.4, 0.5) is 0 Å². The van der Waals surface area contributed by atoms with Crippen LogP contribution in [0.15, 0.2) is 0 Å². The Morgan fingerprint density at radius 3 is 2.81 bits per heavy atom. The molecule has 3 heteroatoms. The van der Waals surface area contributed by atoms with Crippen molar-refractivity contribution in [2.75, 3.05) is 45.8 Å². The molecule has 0 saturated carbocycles. The Balaban J connectivity index is 1.48. The van der Waals surface area contributed by atoms with Gasteiger partial charge in [0.05, 0.1) is 0 Å². The van der Waals surface area contributed by atoms with E-state index >= 15 is 0 Å². The topological polar surface area (TPSA) is 18.5 Å². The standard InChI is InChI=1S/C18H35N3/c1-16-6-3-4-11-21(16)13-17-7-5-10-20(12-17)15-18(2)8-9-19-14-18/h16-17,19H,3-15H2,1-2H3. The summed E-state index contributed by atoms with van der Waals surface area (Å²) in [4.78, 5) is 5.55. The second-order valence-corrected chi connectivity index (χ2v) is 8.32. The van der Waals surface area contributed by atoms with Gasteiger partial charge >= 0.3 is 0 Å². The van der Waals surface area contributed by atoms with Crippen LogP contribution in [0.1, 0.15) is 52.4 Å². The maximum atomic E-state index is 3.55. The molecule has 0 aromatic rings. The molecule has 3 fully saturated rings. The zero-order chi connectivity index (χ0) is 14.7. The minimum absolute atomic E-state index is 0.528. The van der Waals surface area contributed by atoms with Gasteiger partial charge in [0.25, 0.3) is 0 Å². The van der Waals surface area contributed by atoms with Gasteiger partial charge in [0.15, 0.2) is 0 Å². The van der Waals surface area contributed by atoms with Crippen molar-refractivity contribution in [1.29, 1.82) is 0 Å². The van der Waals surface area contributed by atoms with Crippen LogP contribution < -0.4 is 5.32 Å². The Labute approximate surface area is 131 Å². The summed E-state index contributed by atoms with van der Waals surface area (Å²) in [5, 5.41) is 3.55. The normalized spacial score (nSPS) is 39.7. The first kappa shape index (κ1) is 15.8. The van der Waals surface area contributed by atoms with Gasteiger partial charge in [-0.25, -0.2) is 0 Å². The lowest BCUT2D eigenvalue weighted by Crippen LogP contribution is -2.47. The largest absolute Gasteiger partial charge is 0.316 e. The van der Waals surface area contributed by atoms with Gasteiger partial charge in [-0.3, -0.25) is 0 Å². The van der Waals surface area contributed by atoms with Gasteiger partial charge < -0.3 is 15.1 Å². The van der Waals surface area contributed by atoms with E-state index < -0.39 is 0 Å². The summed E-state index contributed by atoms with van der Waals surface area (Å²) in [6, 6.07) is 0.825. The third-order valence-electron chi connectivity index (χ3n) is 6.10. The molecule has 3 unspecified atom stereocenters. The summed E-state index contributed by atoms with van der Waals surface area (Å²) in [5.74, 6) is 0.914. The van der Waals surface area contributed by atoms with Gasteiger partial charge in [0, 0.05) is 32.2 Å². The molecule has 3 rings (SSSR count). The number of piperidine rings is 2. The van der Waals surface area contributed by atoms with Crippen LogP contribution in [0.2, 0.25) is 0 Å². The van der Waals surface area contributed by atoms with Gasteiger partial charge in [0.1, 0.15) is 0 Å². The van der Waals surface area contributed by atoms with E-state index in [1.807, 2.05) is 0 Å². The smallest absolute Gasteiger partial charge is 0.00670 e. The number of hydrogen-bond acceptors (Lipinski definition) is 3. The lowest BCUT2D eigenvalue weighted by Gasteiger charge is -2.41. The zero-order valence-corrected chi connectivity index (χ0v) is 14.2. The highest BCUT2D eigenvalue weighted by molar-refractivity contribution is 4.89. The number of rotatable bonds is 4. The molecule has 3 atom stereocenters. The van der Waals surface area contributed by atoms with Gasteiger partial charge in [-0.05, 0) is 70.0 Å². The fourth-order valence-corrected chi connectivity index (χ4v) is 4.75. The summed E-state index contributed by atoms with van der Waals surface area (Å²) in [5.41, 5.74) is 0.528. The molecule has 0 amide bonds. The lowest BCUT2D eigenvalue weighted by molar-refractivity contribution is 0.0761. The zero-order valence-electron chi connectivity index (χ0n) is 14.2. The average molecular weight is 293 g/mol. The van der Waals surface area contributed by atoms with Crippen molar-refractivity contribution in [3.05, 3.63) is 0 Å². The van der Waals surface area contributed by atoms with E-state index in [1.165, 1.54) is 84.3 Å². The van der Waals surface area contributed by atoms with Gasteiger partial charge in [-0.2, -0.15) is 0 Å². The highest BCUT2D eigenvalue weighted by Crippen LogP contribution is 2.29. The average Bonchev–Trinajstić information content (AvgIpc) is 2.88. The highest BCUT2D eigenvalue weighted by atomic mass is 15.2. The van der Waals surface area contributed by atoms with Crippen LogP contribution in [-0.4, -0.2) is 61.7 Å².